The summed E-state index contributed by atoms with van der Waals surface area (Å²) in [5, 5.41) is 57.0. The first-order valence-electron chi connectivity index (χ1n) is 46.3. The number of hydrogen-bond donors (Lipinski definition) is 8. The van der Waals surface area contributed by atoms with Gasteiger partial charge in [-0.15, -0.1) is 0 Å². The number of carbonyl (C=O) groups excluding carboxylic acids is 9. The summed E-state index contributed by atoms with van der Waals surface area (Å²) < 4.78 is 56.3. The lowest BCUT2D eigenvalue weighted by Gasteiger charge is -2.19. The minimum absolute atomic E-state index is 0.00649. The Labute approximate surface area is 841 Å². The van der Waals surface area contributed by atoms with Gasteiger partial charge in [-0.05, 0) is 178 Å². The Morgan fingerprint density at radius 2 is 0.616 bits per heavy atom. The number of nitro groups is 3. The highest BCUT2D eigenvalue weighted by Crippen LogP contribution is 2.38. The predicted octanol–water partition coefficient (Wildman–Crippen LogP) is 21.0. The number of anilines is 5. The number of nitrogens with two attached hydrogens (primary N) is 2. The minimum Gasteiger partial charge on any atom is -0.491 e. The third kappa shape index (κ3) is 35.8. The maximum atomic E-state index is 13.6. The zero-order valence-corrected chi connectivity index (χ0v) is 81.3. The van der Waals surface area contributed by atoms with Crippen molar-refractivity contribution < 1.29 is 115 Å². The molecule has 37 nitrogen and oxygen atoms in total. The van der Waals surface area contributed by atoms with Gasteiger partial charge in [0, 0.05) is 76.2 Å². The van der Waals surface area contributed by atoms with Crippen LogP contribution in [0.3, 0.4) is 0 Å². The summed E-state index contributed by atoms with van der Waals surface area (Å²) in [5.74, 6) is -4.58. The van der Waals surface area contributed by atoms with Crippen LogP contribution in [-0.2, 0) is 45.5 Å². The van der Waals surface area contributed by atoms with Gasteiger partial charge < -0.3 is 90.5 Å². The fourth-order valence-electron chi connectivity index (χ4n) is 13.0. The normalized spacial score (nSPS) is 10.5. The van der Waals surface area contributed by atoms with Crippen molar-refractivity contribution in [3.63, 3.8) is 0 Å². The van der Waals surface area contributed by atoms with E-state index in [1.54, 1.807) is 39.0 Å². The molecule has 12 rings (SSSR count). The molecule has 760 valence electrons. The van der Waals surface area contributed by atoms with E-state index in [1.807, 2.05) is 149 Å². The Kier molecular flexibility index (Phi) is 43.3. The number of nitro benzene ring substituents is 3. The summed E-state index contributed by atoms with van der Waals surface area (Å²) in [6.45, 7) is 18.7. The van der Waals surface area contributed by atoms with Crippen molar-refractivity contribution in [1.82, 2.24) is 0 Å². The number of nitrogens with one attached hydrogen (secondary N) is 5. The predicted molar refractivity (Wildman–Crippen MR) is 547 cm³/mol. The molecule has 0 heterocycles. The molecular formula is C109H112N10O27. The van der Waals surface area contributed by atoms with Gasteiger partial charge in [-0.1, -0.05) is 175 Å². The quantitative estimate of drug-likeness (QED) is 0.00577. The van der Waals surface area contributed by atoms with E-state index in [1.165, 1.54) is 133 Å². The molecule has 0 bridgehead atoms. The molecule has 0 aliphatic heterocycles. The monoisotopic (exact) mass is 1990 g/mol. The molecule has 12 aromatic carbocycles. The zero-order chi connectivity index (χ0) is 106. The molecule has 146 heavy (non-hydrogen) atoms. The van der Waals surface area contributed by atoms with E-state index in [9.17, 15) is 83.4 Å². The first-order chi connectivity index (χ1) is 70.1. The number of nitrogens with zero attached hydrogens (tertiary/aromatic N) is 3. The number of rotatable bonds is 47. The number of amides is 7. The number of carboxylic acids is 1. The molecule has 0 unspecified atom stereocenters. The van der Waals surface area contributed by atoms with Gasteiger partial charge in [0.15, 0.2) is 17.2 Å². The molecule has 0 spiro atoms. The highest BCUT2D eigenvalue weighted by atomic mass is 16.6. The minimum atomic E-state index is -1.14. The Morgan fingerprint density at radius 1 is 0.342 bits per heavy atom. The summed E-state index contributed by atoms with van der Waals surface area (Å²) in [4.78, 5) is 156. The fraction of sp³-hybridized carbons (Fsp3) is 0.229. The number of hydrogen-bond acceptors (Lipinski definition) is 26. The van der Waals surface area contributed by atoms with E-state index < -0.39 is 79.6 Å². The molecule has 37 heteroatoms. The molecule has 0 aliphatic rings. The Morgan fingerprint density at radius 3 is 0.945 bits per heavy atom. The molecule has 0 fully saturated rings. The number of esters is 2. The highest BCUT2D eigenvalue weighted by Gasteiger charge is 2.27. The van der Waals surface area contributed by atoms with Crippen molar-refractivity contribution in [2.24, 2.45) is 11.5 Å². The van der Waals surface area contributed by atoms with E-state index in [-0.39, 0.29) is 154 Å². The summed E-state index contributed by atoms with van der Waals surface area (Å²) in [7, 11) is 0. The maximum Gasteiger partial charge on any atom is 0.338 e. The number of benzene rings is 12. The maximum absolute atomic E-state index is 13.6. The Bertz CT molecular complexity index is 6580. The van der Waals surface area contributed by atoms with Gasteiger partial charge >= 0.3 is 35.0 Å². The lowest BCUT2D eigenvalue weighted by atomic mass is 10.1. The van der Waals surface area contributed by atoms with Crippen LogP contribution in [-0.4, -0.2) is 118 Å². The van der Waals surface area contributed by atoms with Gasteiger partial charge in [0.25, 0.3) is 23.6 Å². The van der Waals surface area contributed by atoms with Crippen LogP contribution >= 0.6 is 0 Å². The molecule has 0 saturated heterocycles. The van der Waals surface area contributed by atoms with Gasteiger partial charge in [-0.25, -0.2) is 9.59 Å². The van der Waals surface area contributed by atoms with E-state index >= 15 is 0 Å². The second-order valence-corrected chi connectivity index (χ2v) is 32.9. The molecule has 0 saturated carbocycles. The van der Waals surface area contributed by atoms with Gasteiger partial charge in [0.2, 0.25) is 17.7 Å². The van der Waals surface area contributed by atoms with Crippen LogP contribution in [0.2, 0.25) is 0 Å². The van der Waals surface area contributed by atoms with E-state index in [2.05, 4.69) is 33.2 Å². The van der Waals surface area contributed by atoms with E-state index in [0.29, 0.717) is 60.5 Å². The largest absolute Gasteiger partial charge is 0.491 e. The molecule has 7 amide bonds. The van der Waals surface area contributed by atoms with Gasteiger partial charge in [-0.2, -0.15) is 0 Å². The van der Waals surface area contributed by atoms with E-state index in [4.69, 9.17) is 58.8 Å². The molecule has 0 radical (unpaired) electrons. The molecule has 10 N–H and O–H groups in total. The van der Waals surface area contributed by atoms with Crippen molar-refractivity contribution in [2.45, 2.75) is 132 Å². The number of carbonyl (C=O) groups is 10. The summed E-state index contributed by atoms with van der Waals surface area (Å²) in [6, 6.07) is 71.2. The lowest BCUT2D eigenvalue weighted by Crippen LogP contribution is -2.24. The second kappa shape index (κ2) is 56.8. The Balaban J connectivity index is 0.000000221. The van der Waals surface area contributed by atoms with Crippen LogP contribution in [0, 0.1) is 30.3 Å². The van der Waals surface area contributed by atoms with Crippen molar-refractivity contribution >= 4 is 105 Å². The van der Waals surface area contributed by atoms with Crippen LogP contribution in [0.25, 0.3) is 0 Å². The highest BCUT2D eigenvalue weighted by molar-refractivity contribution is 6.09. The average molecular weight is 1990 g/mol. The lowest BCUT2D eigenvalue weighted by molar-refractivity contribution is -0.386. The van der Waals surface area contributed by atoms with Crippen LogP contribution in [0.15, 0.2) is 280 Å². The third-order valence-corrected chi connectivity index (χ3v) is 20.4. The summed E-state index contributed by atoms with van der Waals surface area (Å²) in [6.07, 6.45) is 6.00. The summed E-state index contributed by atoms with van der Waals surface area (Å²) >= 11 is 0. The van der Waals surface area contributed by atoms with Crippen LogP contribution in [0.5, 0.6) is 46.0 Å². The topological polar surface area (TPSA) is 525 Å². The number of primary amides is 2. The van der Waals surface area contributed by atoms with E-state index in [0.717, 1.165) is 54.4 Å². The smallest absolute Gasteiger partial charge is 0.338 e. The number of carboxylic acid groups (broad SMARTS) is 1. The van der Waals surface area contributed by atoms with Crippen molar-refractivity contribution in [1.29, 1.82) is 0 Å². The molecule has 0 atom stereocenters. The van der Waals surface area contributed by atoms with Crippen molar-refractivity contribution in [3.8, 4) is 46.0 Å². The van der Waals surface area contributed by atoms with Gasteiger partial charge in [-0.3, -0.25) is 68.7 Å². The number of aromatic carboxylic acids is 1. The van der Waals surface area contributed by atoms with Crippen LogP contribution in [0.1, 0.15) is 205 Å². The van der Waals surface area contributed by atoms with Crippen LogP contribution < -0.4 is 75.9 Å². The molecule has 0 aliphatic carbocycles. The number of unbranched alkanes of at least 4 members (excludes halogenated alkanes) is 2. The molecule has 12 aromatic rings. The van der Waals surface area contributed by atoms with Gasteiger partial charge in [0.05, 0.1) is 87.2 Å². The first kappa shape index (κ1) is 111. The SMILES string of the molecule is C=CCOC(=O)c1ccc(NC(=O)c2ccc(NC(=O)CCC(=O)OC(C)(C)C)c(OCc3ccccc3)c2)c(OCc2ccccc2)c1.CCCCOc1cc(C(N)=O)ccc1NC(=O)c1ccc([N+](=O)[O-])c(OCCCC)c1.CCCOc1cc(C(N)=O)ccc1NC(=O)c1ccc([N+](=O)[O-])c(OCCC)c1.O=C(O)c1ccc(NC(=O)c2ccc([N+](=O)[O-])c(OCc3ccccc3)c2)c(OCc2ccccc2)c1. The standard InChI is InChI=1S/C39H40N2O8.C28H22N2O7.C22H27N3O6.C20H23N3O6/c1-5-22-46-38(45)30-17-19-32(34(24-30)48-26-28-14-10-7-11-15-28)41-37(44)29-16-18-31(33(23-29)47-25-27-12-8-6-9-13-27)40-35(42)20-21-36(43)49-39(2,3)4;31-27(21-12-14-24(30(34)35)26(15-21)37-18-20-9-5-2-6-10-20)29-23-13-11-22(28(32)33)16-25(23)36-17-19-7-3-1-4-8-19;1-3-5-11-30-19-13-15(21(23)26)7-9-17(19)24-22(27)16-8-10-18(25(28)29)20(14-16)31-12-6-4-2;1-3-9-28-17-11-13(19(21)24)5-7-15(17)22-20(25)14-6-8-16(23(26)27)18(12-14)29-10-4-2/h5-19,23-24H,1,20-22,25-26H2,2-4H3,(H,40,42)(H,41,44);1-16H,17-18H2,(H,29,31)(H,32,33);7-10,13-14H,3-6,11-12H2,1-2H3,(H2,23,26)(H,24,27);5-8,11-12H,3-4,9-10H2,1-2H3,(H2,21,24)(H,22,25). The molecular weight excluding hydrogens is 1880 g/mol. The molecule has 0 aromatic heterocycles. The third-order valence-electron chi connectivity index (χ3n) is 20.4. The van der Waals surface area contributed by atoms with Gasteiger partial charge in [0.1, 0.15) is 67.4 Å². The second-order valence-electron chi connectivity index (χ2n) is 32.9. The van der Waals surface area contributed by atoms with Crippen molar-refractivity contribution in [3.05, 3.63) is 377 Å². The average Bonchev–Trinajstić information content (AvgIpc) is 0.823. The fourth-order valence-corrected chi connectivity index (χ4v) is 13.0. The van der Waals surface area contributed by atoms with Crippen molar-refractivity contribution in [2.75, 3.05) is 59.6 Å². The zero-order valence-electron chi connectivity index (χ0n) is 81.3. The Hall–Kier alpha value is -18.3. The first-order valence-corrected chi connectivity index (χ1v) is 46.3. The van der Waals surface area contributed by atoms with Crippen LogP contribution in [0.4, 0.5) is 45.5 Å². The number of ether oxygens (including phenoxy) is 10. The summed E-state index contributed by atoms with van der Waals surface area (Å²) in [5.41, 5.74) is 15.8.